The molecule has 1 N–H and O–H groups in total. The van der Waals surface area contributed by atoms with Crippen LogP contribution in [0.1, 0.15) is 11.1 Å². The number of sulfonamides is 1. The van der Waals surface area contributed by atoms with Crippen molar-refractivity contribution in [1.29, 1.82) is 0 Å². The van der Waals surface area contributed by atoms with Gasteiger partial charge in [-0.05, 0) is 55.3 Å². The van der Waals surface area contributed by atoms with E-state index in [2.05, 4.69) is 4.72 Å². The minimum absolute atomic E-state index is 0.00341. The molecule has 0 spiro atoms. The number of methoxy groups -OCH3 is 1. The van der Waals surface area contributed by atoms with E-state index < -0.39 is 10.0 Å². The summed E-state index contributed by atoms with van der Waals surface area (Å²) in [6.07, 6.45) is 0. The van der Waals surface area contributed by atoms with Crippen molar-refractivity contribution < 1.29 is 17.9 Å². The maximum Gasteiger partial charge on any atom is 0.244 e. The summed E-state index contributed by atoms with van der Waals surface area (Å²) in [4.78, 5) is 0.00341. The molecule has 5 nitrogen and oxygen atoms in total. The van der Waals surface area contributed by atoms with Gasteiger partial charge in [0.2, 0.25) is 10.0 Å². The molecule has 0 saturated heterocycles. The van der Waals surface area contributed by atoms with Crippen LogP contribution in [0.4, 0.5) is 0 Å². The molecule has 0 unspecified atom stereocenters. The van der Waals surface area contributed by atoms with Crippen LogP contribution in [0.5, 0.6) is 11.5 Å². The Labute approximate surface area is 147 Å². The van der Waals surface area contributed by atoms with Crippen LogP contribution in [-0.2, 0) is 10.0 Å². The van der Waals surface area contributed by atoms with Gasteiger partial charge in [-0.15, -0.1) is 0 Å². The topological polar surface area (TPSA) is 64.6 Å². The number of hydrogen-bond acceptors (Lipinski definition) is 4. The first-order valence-electron chi connectivity index (χ1n) is 7.37. The van der Waals surface area contributed by atoms with Crippen molar-refractivity contribution in [3.05, 3.63) is 52.5 Å². The van der Waals surface area contributed by atoms with E-state index in [9.17, 15) is 8.42 Å². The molecular formula is C17H20ClNO4S. The number of hydrogen-bond donors (Lipinski definition) is 1. The molecule has 0 aliphatic heterocycles. The number of ether oxygens (including phenoxy) is 2. The van der Waals surface area contributed by atoms with Crippen molar-refractivity contribution in [3.8, 4) is 11.5 Å². The molecule has 130 valence electrons. The second-order valence-corrected chi connectivity index (χ2v) is 7.46. The number of nitrogens with one attached hydrogen (secondary N) is 1. The molecule has 24 heavy (non-hydrogen) atoms. The van der Waals surface area contributed by atoms with Gasteiger partial charge in [-0.3, -0.25) is 0 Å². The number of aryl methyl sites for hydroxylation is 2. The fourth-order valence-electron chi connectivity index (χ4n) is 2.09. The first-order valence-corrected chi connectivity index (χ1v) is 9.23. The Morgan fingerprint density at radius 3 is 2.50 bits per heavy atom. The SMILES string of the molecule is COc1ccc(Cl)cc1S(=O)(=O)NCCOc1ccc(C)c(C)c1. The summed E-state index contributed by atoms with van der Waals surface area (Å²) in [6, 6.07) is 10.2. The van der Waals surface area contributed by atoms with Crippen LogP contribution in [0.3, 0.4) is 0 Å². The van der Waals surface area contributed by atoms with Crippen LogP contribution < -0.4 is 14.2 Å². The second-order valence-electron chi connectivity index (χ2n) is 5.29. The van der Waals surface area contributed by atoms with Gasteiger partial charge in [0.25, 0.3) is 0 Å². The van der Waals surface area contributed by atoms with Crippen molar-refractivity contribution in [1.82, 2.24) is 4.72 Å². The first kappa shape index (κ1) is 18.6. The normalized spacial score (nSPS) is 11.3. The van der Waals surface area contributed by atoms with Crippen LogP contribution in [0.25, 0.3) is 0 Å². The lowest BCUT2D eigenvalue weighted by Gasteiger charge is -2.12. The third-order valence-corrected chi connectivity index (χ3v) is 5.27. The molecule has 0 radical (unpaired) electrons. The van der Waals surface area contributed by atoms with Crippen LogP contribution in [-0.4, -0.2) is 28.7 Å². The van der Waals surface area contributed by atoms with Crippen molar-refractivity contribution >= 4 is 21.6 Å². The Bertz CT molecular complexity index is 821. The molecular weight excluding hydrogens is 350 g/mol. The Morgan fingerprint density at radius 1 is 1.08 bits per heavy atom. The Kier molecular flexibility index (Phi) is 6.10. The van der Waals surface area contributed by atoms with Crippen LogP contribution >= 0.6 is 11.6 Å². The first-order chi connectivity index (χ1) is 11.3. The van der Waals surface area contributed by atoms with E-state index >= 15 is 0 Å². The monoisotopic (exact) mass is 369 g/mol. The number of benzene rings is 2. The summed E-state index contributed by atoms with van der Waals surface area (Å²) in [5.74, 6) is 0.944. The zero-order chi connectivity index (χ0) is 17.7. The molecule has 2 rings (SSSR count). The highest BCUT2D eigenvalue weighted by Crippen LogP contribution is 2.26. The van der Waals surface area contributed by atoms with Crippen LogP contribution in [0.2, 0.25) is 5.02 Å². The molecule has 0 atom stereocenters. The third kappa shape index (κ3) is 4.63. The van der Waals surface area contributed by atoms with Crippen LogP contribution in [0, 0.1) is 13.8 Å². The summed E-state index contributed by atoms with van der Waals surface area (Å²) >= 11 is 5.88. The zero-order valence-corrected chi connectivity index (χ0v) is 15.4. The molecule has 2 aromatic carbocycles. The van der Waals surface area contributed by atoms with Gasteiger partial charge in [-0.1, -0.05) is 17.7 Å². The summed E-state index contributed by atoms with van der Waals surface area (Å²) in [5, 5.41) is 0.322. The third-order valence-electron chi connectivity index (χ3n) is 3.56. The van der Waals surface area contributed by atoms with E-state index in [1.165, 1.54) is 24.8 Å². The van der Waals surface area contributed by atoms with E-state index in [0.29, 0.717) is 10.8 Å². The Balaban J connectivity index is 1.98. The Hall–Kier alpha value is -1.76. The Morgan fingerprint density at radius 2 is 1.83 bits per heavy atom. The average Bonchev–Trinajstić information content (AvgIpc) is 2.55. The molecule has 0 amide bonds. The van der Waals surface area contributed by atoms with Gasteiger partial charge >= 0.3 is 0 Å². The van der Waals surface area contributed by atoms with Crippen molar-refractivity contribution in [2.45, 2.75) is 18.7 Å². The predicted molar refractivity (Wildman–Crippen MR) is 94.6 cm³/mol. The smallest absolute Gasteiger partial charge is 0.244 e. The zero-order valence-electron chi connectivity index (χ0n) is 13.8. The predicted octanol–water partition coefficient (Wildman–Crippen LogP) is 3.32. The van der Waals surface area contributed by atoms with Gasteiger partial charge in [0, 0.05) is 11.6 Å². The van der Waals surface area contributed by atoms with Gasteiger partial charge in [0.15, 0.2) is 0 Å². The minimum Gasteiger partial charge on any atom is -0.495 e. The van der Waals surface area contributed by atoms with Gasteiger partial charge in [0.05, 0.1) is 7.11 Å². The second kappa shape index (κ2) is 7.88. The molecule has 0 heterocycles. The molecule has 0 aliphatic carbocycles. The highest BCUT2D eigenvalue weighted by atomic mass is 35.5. The van der Waals surface area contributed by atoms with Crippen LogP contribution in [0.15, 0.2) is 41.3 Å². The molecule has 0 fully saturated rings. The molecule has 7 heteroatoms. The van der Waals surface area contributed by atoms with E-state index in [-0.39, 0.29) is 23.8 Å². The quantitative estimate of drug-likeness (QED) is 0.760. The summed E-state index contributed by atoms with van der Waals surface area (Å²) in [5.41, 5.74) is 2.30. The number of rotatable bonds is 7. The lowest BCUT2D eigenvalue weighted by molar-refractivity contribution is 0.322. The van der Waals surface area contributed by atoms with E-state index in [1.807, 2.05) is 32.0 Å². The largest absolute Gasteiger partial charge is 0.495 e. The average molecular weight is 370 g/mol. The van der Waals surface area contributed by atoms with Gasteiger partial charge in [-0.25, -0.2) is 13.1 Å². The fraction of sp³-hybridized carbons (Fsp3) is 0.294. The lowest BCUT2D eigenvalue weighted by atomic mass is 10.1. The molecule has 0 aromatic heterocycles. The molecule has 0 saturated carbocycles. The molecule has 0 bridgehead atoms. The van der Waals surface area contributed by atoms with Crippen molar-refractivity contribution in [3.63, 3.8) is 0 Å². The standard InChI is InChI=1S/C17H20ClNO4S/c1-12-4-6-15(10-13(12)2)23-9-8-19-24(20,21)17-11-14(18)5-7-16(17)22-3/h4-7,10-11,19H,8-9H2,1-3H3. The van der Waals surface area contributed by atoms with Gasteiger partial charge in [-0.2, -0.15) is 0 Å². The number of halogens is 1. The summed E-state index contributed by atoms with van der Waals surface area (Å²) in [6.45, 7) is 4.36. The van der Waals surface area contributed by atoms with E-state index in [4.69, 9.17) is 21.1 Å². The van der Waals surface area contributed by atoms with Crippen molar-refractivity contribution in [2.24, 2.45) is 0 Å². The maximum atomic E-state index is 12.4. The van der Waals surface area contributed by atoms with Gasteiger partial charge in [0.1, 0.15) is 23.0 Å². The summed E-state index contributed by atoms with van der Waals surface area (Å²) < 4.78 is 37.9. The van der Waals surface area contributed by atoms with Crippen molar-refractivity contribution in [2.75, 3.05) is 20.3 Å². The molecule has 0 aliphatic rings. The van der Waals surface area contributed by atoms with E-state index in [0.717, 1.165) is 5.56 Å². The van der Waals surface area contributed by atoms with Gasteiger partial charge < -0.3 is 9.47 Å². The lowest BCUT2D eigenvalue weighted by Crippen LogP contribution is -2.28. The highest BCUT2D eigenvalue weighted by molar-refractivity contribution is 7.89. The molecule has 2 aromatic rings. The highest BCUT2D eigenvalue weighted by Gasteiger charge is 2.19. The fourth-order valence-corrected chi connectivity index (χ4v) is 3.53. The maximum absolute atomic E-state index is 12.4. The summed E-state index contributed by atoms with van der Waals surface area (Å²) in [7, 11) is -2.33. The minimum atomic E-state index is -3.73. The van der Waals surface area contributed by atoms with E-state index in [1.54, 1.807) is 6.07 Å².